The molecule has 13 heteroatoms. The van der Waals surface area contributed by atoms with Crippen LogP contribution in [0.15, 0.2) is 89.8 Å². The van der Waals surface area contributed by atoms with E-state index in [1.165, 1.54) is 46.8 Å². The Hall–Kier alpha value is -3.81. The van der Waals surface area contributed by atoms with E-state index in [4.69, 9.17) is 17.3 Å². The predicted octanol–water partition coefficient (Wildman–Crippen LogP) is 6.37. The fraction of sp³-hybridized carbons (Fsp3) is 0.286. The Morgan fingerprint density at radius 1 is 0.938 bits per heavy atom. The topological polar surface area (TPSA) is 105 Å². The number of benzene rings is 4. The van der Waals surface area contributed by atoms with Crippen LogP contribution in [-0.4, -0.2) is 49.8 Å². The van der Waals surface area contributed by atoms with E-state index in [0.717, 1.165) is 24.3 Å². The molecule has 0 aromatic heterocycles. The van der Waals surface area contributed by atoms with Crippen molar-refractivity contribution in [2.45, 2.75) is 55.1 Å². The maximum absolute atomic E-state index is 15.2. The van der Waals surface area contributed by atoms with Crippen molar-refractivity contribution in [3.05, 3.63) is 130 Å². The molecule has 0 spiro atoms. The number of nitrogens with zero attached hydrogens (tertiary/aromatic N) is 1. The van der Waals surface area contributed by atoms with Crippen molar-refractivity contribution in [3.63, 3.8) is 0 Å². The number of amides is 1. The molecule has 0 aliphatic carbocycles. The monoisotopic (exact) mass is 702 g/mol. The number of carbonyl (C=O) groups is 1. The van der Waals surface area contributed by atoms with E-state index in [1.54, 1.807) is 19.1 Å². The highest BCUT2D eigenvalue weighted by Gasteiger charge is 2.38. The van der Waals surface area contributed by atoms with Gasteiger partial charge in [0.1, 0.15) is 28.2 Å². The number of hydrogen-bond donors (Lipinski definition) is 3. The van der Waals surface area contributed by atoms with Gasteiger partial charge in [-0.1, -0.05) is 41.9 Å². The van der Waals surface area contributed by atoms with E-state index in [0.29, 0.717) is 37.6 Å². The van der Waals surface area contributed by atoms with E-state index < -0.39 is 57.2 Å². The standard InChI is InChI=1S/C35H35ClF4N4O3S/c1-21-19-42-20-27(44(21)48(46,47)32-11-3-2-8-29(32)36)6-4-7-28-30(40)9-5-10-31(28)43-35(45)34(41)33(22-12-14-24(37)15-13-22)23-16-25(38)18-26(39)17-23/h2-3,5,8-18,21,27,33-34,42H,4,6-7,19-20,41H2,1H3,(H,43,45)/t21-,27-,33-,34-/m0/s1. The second-order valence-electron chi connectivity index (χ2n) is 11.8. The molecule has 4 aromatic rings. The van der Waals surface area contributed by atoms with Gasteiger partial charge >= 0.3 is 0 Å². The molecular formula is C35H35ClF4N4O3S. The fourth-order valence-electron chi connectivity index (χ4n) is 6.27. The van der Waals surface area contributed by atoms with Gasteiger partial charge in [0.25, 0.3) is 0 Å². The number of sulfonamides is 1. The van der Waals surface area contributed by atoms with Crippen molar-refractivity contribution in [1.29, 1.82) is 0 Å². The second kappa shape index (κ2) is 15.2. The van der Waals surface area contributed by atoms with Crippen LogP contribution in [0.25, 0.3) is 0 Å². The normalized spacial score (nSPS) is 18.3. The van der Waals surface area contributed by atoms with E-state index in [1.807, 2.05) is 0 Å². The Balaban J connectivity index is 1.35. The maximum atomic E-state index is 15.2. The molecule has 1 heterocycles. The number of rotatable bonds is 11. The van der Waals surface area contributed by atoms with E-state index in [2.05, 4.69) is 10.6 Å². The van der Waals surface area contributed by atoms with Gasteiger partial charge in [-0.3, -0.25) is 4.79 Å². The first kappa shape index (κ1) is 35.5. The highest BCUT2D eigenvalue weighted by atomic mass is 35.5. The average Bonchev–Trinajstić information content (AvgIpc) is 3.03. The molecule has 254 valence electrons. The summed E-state index contributed by atoms with van der Waals surface area (Å²) in [5.41, 5.74) is 7.14. The van der Waals surface area contributed by atoms with Crippen LogP contribution in [-0.2, 0) is 21.2 Å². The van der Waals surface area contributed by atoms with Crippen molar-refractivity contribution in [2.75, 3.05) is 18.4 Å². The number of hydrogen-bond acceptors (Lipinski definition) is 5. The van der Waals surface area contributed by atoms with Gasteiger partial charge in [-0.25, -0.2) is 26.0 Å². The molecule has 0 bridgehead atoms. The van der Waals surface area contributed by atoms with Gasteiger partial charge in [-0.15, -0.1) is 0 Å². The highest BCUT2D eigenvalue weighted by Crippen LogP contribution is 2.32. The highest BCUT2D eigenvalue weighted by molar-refractivity contribution is 7.89. The first-order chi connectivity index (χ1) is 22.9. The third kappa shape index (κ3) is 7.90. The van der Waals surface area contributed by atoms with Crippen molar-refractivity contribution in [2.24, 2.45) is 5.73 Å². The molecule has 0 radical (unpaired) electrons. The molecule has 1 aliphatic heterocycles. The predicted molar refractivity (Wildman–Crippen MR) is 177 cm³/mol. The van der Waals surface area contributed by atoms with E-state index >= 15 is 4.39 Å². The number of halogens is 5. The first-order valence-corrected chi connectivity index (χ1v) is 17.2. The second-order valence-corrected chi connectivity index (χ2v) is 14.1. The SMILES string of the molecule is C[C@H]1CNC[C@H](CCCc2c(F)cccc2NC(=O)[C@@H](N)[C@@H](c2ccc(F)cc2)c2cc(F)cc(F)c2)N1S(=O)(=O)c1ccccc1Cl. The summed E-state index contributed by atoms with van der Waals surface area (Å²) in [4.78, 5) is 13.6. The lowest BCUT2D eigenvalue weighted by Gasteiger charge is -2.40. The Morgan fingerprint density at radius 2 is 1.62 bits per heavy atom. The lowest BCUT2D eigenvalue weighted by molar-refractivity contribution is -0.117. The fourth-order valence-corrected chi connectivity index (χ4v) is 8.61. The van der Waals surface area contributed by atoms with Crippen LogP contribution in [0.2, 0.25) is 5.02 Å². The van der Waals surface area contributed by atoms with Crippen molar-refractivity contribution in [1.82, 2.24) is 9.62 Å². The minimum atomic E-state index is -3.94. The largest absolute Gasteiger partial charge is 0.324 e. The van der Waals surface area contributed by atoms with Gasteiger partial charge < -0.3 is 16.4 Å². The van der Waals surface area contributed by atoms with Crippen LogP contribution in [0.1, 0.15) is 42.4 Å². The average molecular weight is 703 g/mol. The third-order valence-corrected chi connectivity index (χ3v) is 11.0. The molecule has 4 aromatic carbocycles. The summed E-state index contributed by atoms with van der Waals surface area (Å²) in [7, 11) is -3.94. The number of carbonyl (C=O) groups excluding carboxylic acids is 1. The smallest absolute Gasteiger partial charge is 0.245 e. The first-order valence-electron chi connectivity index (χ1n) is 15.4. The number of nitrogens with two attached hydrogens (primary N) is 1. The number of piperazine rings is 1. The summed E-state index contributed by atoms with van der Waals surface area (Å²) in [6, 6.07) is 16.0. The van der Waals surface area contributed by atoms with Crippen molar-refractivity contribution < 1.29 is 30.8 Å². The van der Waals surface area contributed by atoms with Crippen LogP contribution in [0, 0.1) is 23.3 Å². The molecule has 48 heavy (non-hydrogen) atoms. The van der Waals surface area contributed by atoms with E-state index in [9.17, 15) is 26.4 Å². The van der Waals surface area contributed by atoms with Crippen LogP contribution in [0.3, 0.4) is 0 Å². The zero-order valence-electron chi connectivity index (χ0n) is 26.0. The molecule has 1 aliphatic rings. The summed E-state index contributed by atoms with van der Waals surface area (Å²) in [6.45, 7) is 2.64. The molecule has 7 nitrogen and oxygen atoms in total. The summed E-state index contributed by atoms with van der Waals surface area (Å²) in [6.07, 6.45) is 0.892. The quantitative estimate of drug-likeness (QED) is 0.158. The summed E-state index contributed by atoms with van der Waals surface area (Å²) in [5.74, 6) is -4.72. The minimum absolute atomic E-state index is 0.0146. The molecule has 0 saturated carbocycles. The van der Waals surface area contributed by atoms with Crippen LogP contribution >= 0.6 is 11.6 Å². The van der Waals surface area contributed by atoms with Crippen LogP contribution in [0.4, 0.5) is 23.2 Å². The van der Waals surface area contributed by atoms with Crippen molar-refractivity contribution >= 4 is 33.2 Å². The Labute approximate surface area is 282 Å². The van der Waals surface area contributed by atoms with E-state index in [-0.39, 0.29) is 39.2 Å². The van der Waals surface area contributed by atoms with Gasteiger partial charge in [-0.05, 0) is 85.8 Å². The van der Waals surface area contributed by atoms with Gasteiger partial charge in [0.2, 0.25) is 15.9 Å². The number of nitrogens with one attached hydrogen (secondary N) is 2. The Kier molecular flexibility index (Phi) is 11.2. The lowest BCUT2D eigenvalue weighted by Crippen LogP contribution is -2.58. The summed E-state index contributed by atoms with van der Waals surface area (Å²) >= 11 is 6.26. The van der Waals surface area contributed by atoms with Gasteiger partial charge in [0.15, 0.2) is 0 Å². The lowest BCUT2D eigenvalue weighted by atomic mass is 9.84. The molecule has 1 saturated heterocycles. The molecule has 4 N–H and O–H groups in total. The van der Waals surface area contributed by atoms with Gasteiger partial charge in [0, 0.05) is 48.4 Å². The maximum Gasteiger partial charge on any atom is 0.245 e. The summed E-state index contributed by atoms with van der Waals surface area (Å²) in [5, 5.41) is 6.05. The van der Waals surface area contributed by atoms with Gasteiger partial charge in [0.05, 0.1) is 11.1 Å². The molecular weight excluding hydrogens is 668 g/mol. The molecule has 4 atom stereocenters. The summed E-state index contributed by atoms with van der Waals surface area (Å²) < 4.78 is 86.3. The molecule has 0 unspecified atom stereocenters. The minimum Gasteiger partial charge on any atom is -0.324 e. The van der Waals surface area contributed by atoms with Crippen LogP contribution in [0.5, 0.6) is 0 Å². The zero-order chi connectivity index (χ0) is 34.6. The number of anilines is 1. The van der Waals surface area contributed by atoms with Gasteiger partial charge in [-0.2, -0.15) is 4.31 Å². The Morgan fingerprint density at radius 3 is 2.31 bits per heavy atom. The Bertz CT molecular complexity index is 1860. The van der Waals surface area contributed by atoms with Crippen LogP contribution < -0.4 is 16.4 Å². The molecule has 1 amide bonds. The molecule has 5 rings (SSSR count). The molecule has 1 fully saturated rings. The third-order valence-electron chi connectivity index (χ3n) is 8.48. The van der Waals surface area contributed by atoms with Crippen molar-refractivity contribution in [3.8, 4) is 0 Å². The zero-order valence-corrected chi connectivity index (χ0v) is 27.5.